The van der Waals surface area contributed by atoms with Gasteiger partial charge in [0.1, 0.15) is 11.6 Å². The first-order valence-electron chi connectivity index (χ1n) is 5.63. The Kier molecular flexibility index (Phi) is 2.80. The van der Waals surface area contributed by atoms with Gasteiger partial charge in [0.15, 0.2) is 0 Å². The van der Waals surface area contributed by atoms with Gasteiger partial charge < -0.3 is 10.1 Å². The van der Waals surface area contributed by atoms with Gasteiger partial charge in [0.2, 0.25) is 0 Å². The lowest BCUT2D eigenvalue weighted by molar-refractivity contribution is 0.474. The van der Waals surface area contributed by atoms with Gasteiger partial charge in [-0.25, -0.2) is 4.98 Å². The van der Waals surface area contributed by atoms with Gasteiger partial charge in [-0.15, -0.1) is 0 Å². The normalized spacial score (nSPS) is 10.9. The van der Waals surface area contributed by atoms with Crippen molar-refractivity contribution in [1.82, 2.24) is 9.97 Å². The van der Waals surface area contributed by atoms with E-state index in [1.807, 2.05) is 30.3 Å². The predicted molar refractivity (Wildman–Crippen MR) is 74.7 cm³/mol. The molecule has 3 aromatic rings. The summed E-state index contributed by atoms with van der Waals surface area (Å²) in [4.78, 5) is 7.80. The van der Waals surface area contributed by atoms with Crippen LogP contribution in [0.5, 0.6) is 5.75 Å². The molecular weight excluding hydrogens is 292 g/mol. The second kappa shape index (κ2) is 4.46. The Morgan fingerprint density at radius 3 is 2.89 bits per heavy atom. The van der Waals surface area contributed by atoms with Crippen LogP contribution >= 0.6 is 15.9 Å². The van der Waals surface area contributed by atoms with Crippen molar-refractivity contribution < 1.29 is 5.11 Å². The molecule has 0 aliphatic heterocycles. The number of aromatic hydroxyl groups is 1. The molecular formula is C14H11BrN2O. The Morgan fingerprint density at radius 1 is 1.17 bits per heavy atom. The second-order valence-electron chi connectivity index (χ2n) is 4.19. The molecule has 0 aliphatic rings. The molecule has 1 aromatic heterocycles. The first kappa shape index (κ1) is 11.3. The highest BCUT2D eigenvalue weighted by atomic mass is 79.9. The van der Waals surface area contributed by atoms with Crippen molar-refractivity contribution in [1.29, 1.82) is 0 Å². The number of H-pyrrole nitrogens is 1. The number of rotatable bonds is 2. The van der Waals surface area contributed by atoms with E-state index < -0.39 is 0 Å². The largest absolute Gasteiger partial charge is 0.508 e. The third-order valence-corrected chi connectivity index (χ3v) is 3.27. The average molecular weight is 303 g/mol. The van der Waals surface area contributed by atoms with E-state index in [0.717, 1.165) is 26.9 Å². The number of nitrogens with zero attached hydrogens (tertiary/aromatic N) is 1. The van der Waals surface area contributed by atoms with Crippen LogP contribution in [0.4, 0.5) is 0 Å². The fourth-order valence-electron chi connectivity index (χ4n) is 1.98. The number of phenols is 1. The van der Waals surface area contributed by atoms with Gasteiger partial charge in [0.25, 0.3) is 0 Å². The first-order valence-corrected chi connectivity index (χ1v) is 6.42. The van der Waals surface area contributed by atoms with Crippen molar-refractivity contribution in [2.24, 2.45) is 0 Å². The molecule has 0 fully saturated rings. The van der Waals surface area contributed by atoms with E-state index in [2.05, 4.69) is 25.9 Å². The molecule has 0 saturated heterocycles. The number of aromatic nitrogens is 2. The molecule has 2 aromatic carbocycles. The van der Waals surface area contributed by atoms with Gasteiger partial charge in [-0.1, -0.05) is 28.1 Å². The Balaban J connectivity index is 1.95. The number of hydrogen-bond acceptors (Lipinski definition) is 2. The third kappa shape index (κ3) is 2.24. The minimum Gasteiger partial charge on any atom is -0.508 e. The summed E-state index contributed by atoms with van der Waals surface area (Å²) >= 11 is 3.44. The van der Waals surface area contributed by atoms with Crippen LogP contribution in [0.1, 0.15) is 11.4 Å². The van der Waals surface area contributed by atoms with Crippen molar-refractivity contribution in [3.05, 3.63) is 58.3 Å². The van der Waals surface area contributed by atoms with E-state index in [0.29, 0.717) is 6.42 Å². The molecule has 2 N–H and O–H groups in total. The van der Waals surface area contributed by atoms with E-state index in [4.69, 9.17) is 0 Å². The maximum Gasteiger partial charge on any atom is 0.115 e. The number of benzene rings is 2. The Morgan fingerprint density at radius 2 is 2.06 bits per heavy atom. The number of hydrogen-bond donors (Lipinski definition) is 2. The lowest BCUT2D eigenvalue weighted by atomic mass is 10.1. The smallest absolute Gasteiger partial charge is 0.115 e. The van der Waals surface area contributed by atoms with Crippen molar-refractivity contribution in [3.63, 3.8) is 0 Å². The van der Waals surface area contributed by atoms with Crippen molar-refractivity contribution in [3.8, 4) is 5.75 Å². The van der Waals surface area contributed by atoms with Crippen LogP contribution in [0.25, 0.3) is 11.0 Å². The number of halogens is 1. The summed E-state index contributed by atoms with van der Waals surface area (Å²) in [7, 11) is 0. The fourth-order valence-corrected chi connectivity index (χ4v) is 2.34. The summed E-state index contributed by atoms with van der Waals surface area (Å²) in [6.45, 7) is 0. The van der Waals surface area contributed by atoms with E-state index in [1.165, 1.54) is 0 Å². The highest BCUT2D eigenvalue weighted by Gasteiger charge is 2.04. The van der Waals surface area contributed by atoms with E-state index >= 15 is 0 Å². The van der Waals surface area contributed by atoms with Gasteiger partial charge >= 0.3 is 0 Å². The number of nitrogens with one attached hydrogen (secondary N) is 1. The average Bonchev–Trinajstić information content (AvgIpc) is 2.70. The monoisotopic (exact) mass is 302 g/mol. The highest BCUT2D eigenvalue weighted by molar-refractivity contribution is 9.10. The molecule has 0 amide bonds. The summed E-state index contributed by atoms with van der Waals surface area (Å²) < 4.78 is 1.03. The SMILES string of the molecule is Oc1cccc(Cc2nc3ccc(Br)cc3[nH]2)c1. The van der Waals surface area contributed by atoms with Crippen molar-refractivity contribution >= 4 is 27.0 Å². The van der Waals surface area contributed by atoms with E-state index in [9.17, 15) is 5.11 Å². The van der Waals surface area contributed by atoms with Crippen LogP contribution in [0, 0.1) is 0 Å². The molecule has 0 unspecified atom stereocenters. The third-order valence-electron chi connectivity index (χ3n) is 2.78. The number of aromatic amines is 1. The topological polar surface area (TPSA) is 48.9 Å². The molecule has 90 valence electrons. The van der Waals surface area contributed by atoms with Gasteiger partial charge in [-0.05, 0) is 35.9 Å². The van der Waals surface area contributed by atoms with Crippen LogP contribution in [0.2, 0.25) is 0 Å². The molecule has 0 atom stereocenters. The fraction of sp³-hybridized carbons (Fsp3) is 0.0714. The Bertz CT molecular complexity index is 706. The summed E-state index contributed by atoms with van der Waals surface area (Å²) in [5.41, 5.74) is 3.00. The standard InChI is InChI=1S/C14H11BrN2O/c15-10-4-5-12-13(8-10)17-14(16-12)7-9-2-1-3-11(18)6-9/h1-6,8,18H,7H2,(H,16,17). The molecule has 3 rings (SSSR count). The lowest BCUT2D eigenvalue weighted by Crippen LogP contribution is -1.89. The molecule has 0 aliphatic carbocycles. The van der Waals surface area contributed by atoms with Crippen LogP contribution in [0.15, 0.2) is 46.9 Å². The maximum absolute atomic E-state index is 9.43. The summed E-state index contributed by atoms with van der Waals surface area (Å²) in [5.74, 6) is 1.18. The summed E-state index contributed by atoms with van der Waals surface area (Å²) in [5, 5.41) is 9.43. The van der Waals surface area contributed by atoms with Crippen molar-refractivity contribution in [2.75, 3.05) is 0 Å². The molecule has 3 nitrogen and oxygen atoms in total. The maximum atomic E-state index is 9.43. The van der Waals surface area contributed by atoms with Gasteiger partial charge in [0, 0.05) is 10.9 Å². The quantitative estimate of drug-likeness (QED) is 0.759. The number of phenolic OH excluding ortho intramolecular Hbond substituents is 1. The molecule has 0 bridgehead atoms. The zero-order valence-corrected chi connectivity index (χ0v) is 11.1. The zero-order valence-electron chi connectivity index (χ0n) is 9.52. The molecule has 0 saturated carbocycles. The van der Waals surface area contributed by atoms with Crippen LogP contribution in [-0.4, -0.2) is 15.1 Å². The van der Waals surface area contributed by atoms with Crippen molar-refractivity contribution in [2.45, 2.75) is 6.42 Å². The molecule has 0 radical (unpaired) electrons. The number of fused-ring (bicyclic) bond motifs is 1. The van der Waals surface area contributed by atoms with Gasteiger partial charge in [-0.2, -0.15) is 0 Å². The van der Waals surface area contributed by atoms with Gasteiger partial charge in [0.05, 0.1) is 11.0 Å². The molecule has 18 heavy (non-hydrogen) atoms. The molecule has 4 heteroatoms. The minimum atomic E-state index is 0.284. The molecule has 0 spiro atoms. The van der Waals surface area contributed by atoms with Crippen LogP contribution in [0.3, 0.4) is 0 Å². The predicted octanol–water partition coefficient (Wildman–Crippen LogP) is 3.62. The second-order valence-corrected chi connectivity index (χ2v) is 5.11. The van der Waals surface area contributed by atoms with Gasteiger partial charge in [-0.3, -0.25) is 0 Å². The van der Waals surface area contributed by atoms with Crippen LogP contribution in [-0.2, 0) is 6.42 Å². The minimum absolute atomic E-state index is 0.284. The van der Waals surface area contributed by atoms with Crippen LogP contribution < -0.4 is 0 Å². The Labute approximate surface area is 113 Å². The summed E-state index contributed by atoms with van der Waals surface area (Å²) in [6.07, 6.45) is 0.681. The molecule has 1 heterocycles. The summed E-state index contributed by atoms with van der Waals surface area (Å²) in [6, 6.07) is 13.2. The van der Waals surface area contributed by atoms with E-state index in [1.54, 1.807) is 12.1 Å². The lowest BCUT2D eigenvalue weighted by Gasteiger charge is -1.98. The number of imidazole rings is 1. The first-order chi connectivity index (χ1) is 8.70. The zero-order chi connectivity index (χ0) is 12.5. The Hall–Kier alpha value is -1.81. The van der Waals surface area contributed by atoms with E-state index in [-0.39, 0.29) is 5.75 Å². The highest BCUT2D eigenvalue weighted by Crippen LogP contribution is 2.19.